The highest BCUT2D eigenvalue weighted by molar-refractivity contribution is 7.71. The molecule has 0 spiro atoms. The van der Waals surface area contributed by atoms with Crippen LogP contribution in [0.25, 0.3) is 11.4 Å². The van der Waals surface area contributed by atoms with E-state index in [1.54, 1.807) is 16.7 Å². The van der Waals surface area contributed by atoms with Gasteiger partial charge in [0.05, 0.1) is 0 Å². The standard InChI is InChI=1S/C21H22ClN5OS/c22-18-7-5-16(6-8-18)20-24-25-21(29)27(20)14-19(28)23-10-12-26-11-9-15-3-1-2-4-17(15)13-26/h1-8H,9-14H2,(H,23,28)(H,25,29). The molecule has 6 nitrogen and oxygen atoms in total. The number of halogens is 1. The molecule has 0 unspecified atom stereocenters. The first-order valence-electron chi connectivity index (χ1n) is 9.57. The molecular formula is C21H22ClN5OS. The molecule has 0 bridgehead atoms. The molecule has 0 saturated carbocycles. The van der Waals surface area contributed by atoms with Crippen molar-refractivity contribution in [1.82, 2.24) is 25.0 Å². The van der Waals surface area contributed by atoms with Gasteiger partial charge in [-0.05, 0) is 54.0 Å². The minimum atomic E-state index is -0.0878. The normalized spacial score (nSPS) is 13.8. The third-order valence-electron chi connectivity index (χ3n) is 5.12. The summed E-state index contributed by atoms with van der Waals surface area (Å²) >= 11 is 11.3. The quantitative estimate of drug-likeness (QED) is 0.591. The summed E-state index contributed by atoms with van der Waals surface area (Å²) in [6.07, 6.45) is 1.05. The van der Waals surface area contributed by atoms with Crippen LogP contribution < -0.4 is 5.32 Å². The van der Waals surface area contributed by atoms with Crippen LogP contribution in [0.5, 0.6) is 0 Å². The van der Waals surface area contributed by atoms with E-state index in [0.29, 0.717) is 22.2 Å². The van der Waals surface area contributed by atoms with Gasteiger partial charge in [0.2, 0.25) is 5.91 Å². The fourth-order valence-electron chi connectivity index (χ4n) is 3.58. The molecular weight excluding hydrogens is 406 g/mol. The van der Waals surface area contributed by atoms with Gasteiger partial charge in [0.1, 0.15) is 6.54 Å². The SMILES string of the molecule is O=C(Cn1c(-c2ccc(Cl)cc2)n[nH]c1=S)NCCN1CCc2ccccc2C1. The first-order valence-corrected chi connectivity index (χ1v) is 10.4. The lowest BCUT2D eigenvalue weighted by Crippen LogP contribution is -2.38. The monoisotopic (exact) mass is 427 g/mol. The van der Waals surface area contributed by atoms with Gasteiger partial charge in [0.15, 0.2) is 10.6 Å². The lowest BCUT2D eigenvalue weighted by molar-refractivity contribution is -0.121. The number of H-pyrrole nitrogens is 1. The second kappa shape index (κ2) is 8.90. The molecule has 2 heterocycles. The Morgan fingerprint density at radius 1 is 1.17 bits per heavy atom. The van der Waals surface area contributed by atoms with Crippen molar-refractivity contribution in [3.05, 3.63) is 69.5 Å². The molecule has 0 saturated heterocycles. The van der Waals surface area contributed by atoms with E-state index in [4.69, 9.17) is 23.8 Å². The van der Waals surface area contributed by atoms with Crippen LogP contribution in [0, 0.1) is 4.77 Å². The Morgan fingerprint density at radius 3 is 2.72 bits per heavy atom. The van der Waals surface area contributed by atoms with Crippen LogP contribution >= 0.6 is 23.8 Å². The molecule has 0 aliphatic carbocycles. The van der Waals surface area contributed by atoms with E-state index in [0.717, 1.165) is 31.6 Å². The zero-order valence-corrected chi connectivity index (χ0v) is 17.5. The summed E-state index contributed by atoms with van der Waals surface area (Å²) < 4.78 is 2.11. The number of carbonyl (C=O) groups excluding carboxylic acids is 1. The summed E-state index contributed by atoms with van der Waals surface area (Å²) in [5.41, 5.74) is 3.65. The number of nitrogens with one attached hydrogen (secondary N) is 2. The summed E-state index contributed by atoms with van der Waals surface area (Å²) in [6.45, 7) is 3.49. The fraction of sp³-hybridized carbons (Fsp3) is 0.286. The number of amides is 1. The van der Waals surface area contributed by atoms with Gasteiger partial charge in [-0.1, -0.05) is 35.9 Å². The van der Waals surface area contributed by atoms with Crippen molar-refractivity contribution in [1.29, 1.82) is 0 Å². The zero-order valence-electron chi connectivity index (χ0n) is 15.9. The van der Waals surface area contributed by atoms with Crippen molar-refractivity contribution >= 4 is 29.7 Å². The predicted molar refractivity (Wildman–Crippen MR) is 116 cm³/mol. The summed E-state index contributed by atoms with van der Waals surface area (Å²) in [5, 5.41) is 10.7. The molecule has 3 aromatic rings. The van der Waals surface area contributed by atoms with Crippen LogP contribution in [0.1, 0.15) is 11.1 Å². The Kier molecular flexibility index (Phi) is 6.08. The van der Waals surface area contributed by atoms with E-state index in [1.165, 1.54) is 11.1 Å². The van der Waals surface area contributed by atoms with Gasteiger partial charge in [-0.25, -0.2) is 0 Å². The van der Waals surface area contributed by atoms with Crippen molar-refractivity contribution in [3.8, 4) is 11.4 Å². The number of hydrogen-bond donors (Lipinski definition) is 2. The zero-order chi connectivity index (χ0) is 20.2. The summed E-state index contributed by atoms with van der Waals surface area (Å²) in [5.74, 6) is 0.532. The number of rotatable bonds is 6. The molecule has 2 N–H and O–H groups in total. The number of carbonyl (C=O) groups is 1. The van der Waals surface area contributed by atoms with E-state index < -0.39 is 0 Å². The van der Waals surface area contributed by atoms with Crippen LogP contribution in [0.15, 0.2) is 48.5 Å². The average molecular weight is 428 g/mol. The second-order valence-electron chi connectivity index (χ2n) is 7.09. The topological polar surface area (TPSA) is 66.0 Å². The van der Waals surface area contributed by atoms with E-state index in [-0.39, 0.29) is 12.5 Å². The first-order chi connectivity index (χ1) is 14.1. The maximum Gasteiger partial charge on any atom is 0.240 e. The summed E-state index contributed by atoms with van der Waals surface area (Å²) in [7, 11) is 0. The van der Waals surface area contributed by atoms with E-state index in [2.05, 4.69) is 44.7 Å². The van der Waals surface area contributed by atoms with Gasteiger partial charge in [0, 0.05) is 36.8 Å². The van der Waals surface area contributed by atoms with Crippen LogP contribution in [0.3, 0.4) is 0 Å². The third-order valence-corrected chi connectivity index (χ3v) is 5.69. The van der Waals surface area contributed by atoms with Gasteiger partial charge in [-0.3, -0.25) is 19.4 Å². The van der Waals surface area contributed by atoms with Crippen molar-refractivity contribution in [2.45, 2.75) is 19.5 Å². The Hall–Kier alpha value is -2.48. The molecule has 1 amide bonds. The molecule has 2 aromatic carbocycles. The maximum absolute atomic E-state index is 12.5. The molecule has 29 heavy (non-hydrogen) atoms. The number of benzene rings is 2. The van der Waals surface area contributed by atoms with Crippen molar-refractivity contribution in [2.24, 2.45) is 0 Å². The van der Waals surface area contributed by atoms with Crippen LogP contribution in [0.4, 0.5) is 0 Å². The largest absolute Gasteiger partial charge is 0.353 e. The smallest absolute Gasteiger partial charge is 0.240 e. The molecule has 0 fully saturated rings. The lowest BCUT2D eigenvalue weighted by Gasteiger charge is -2.28. The highest BCUT2D eigenvalue weighted by atomic mass is 35.5. The summed E-state index contributed by atoms with van der Waals surface area (Å²) in [6, 6.07) is 15.8. The first kappa shape index (κ1) is 19.8. The Labute approximate surface area is 179 Å². The average Bonchev–Trinajstić information content (AvgIpc) is 3.09. The molecule has 150 valence electrons. The lowest BCUT2D eigenvalue weighted by atomic mass is 10.00. The van der Waals surface area contributed by atoms with Crippen LogP contribution in [-0.2, 0) is 24.3 Å². The molecule has 0 atom stereocenters. The van der Waals surface area contributed by atoms with Gasteiger partial charge in [0.25, 0.3) is 0 Å². The highest BCUT2D eigenvalue weighted by Crippen LogP contribution is 2.20. The van der Waals surface area contributed by atoms with E-state index in [1.807, 2.05) is 12.1 Å². The molecule has 8 heteroatoms. The molecule has 1 aromatic heterocycles. The number of hydrogen-bond acceptors (Lipinski definition) is 4. The number of fused-ring (bicyclic) bond motifs is 1. The minimum absolute atomic E-state index is 0.0878. The summed E-state index contributed by atoms with van der Waals surface area (Å²) in [4.78, 5) is 14.8. The Bertz CT molecular complexity index is 1060. The van der Waals surface area contributed by atoms with Crippen LogP contribution in [-0.4, -0.2) is 45.2 Å². The molecule has 4 rings (SSSR count). The number of nitrogens with zero attached hydrogens (tertiary/aromatic N) is 3. The van der Waals surface area contributed by atoms with Crippen molar-refractivity contribution < 1.29 is 4.79 Å². The minimum Gasteiger partial charge on any atom is -0.353 e. The maximum atomic E-state index is 12.5. The van der Waals surface area contributed by atoms with Gasteiger partial charge >= 0.3 is 0 Å². The predicted octanol–water partition coefficient (Wildman–Crippen LogP) is 3.44. The van der Waals surface area contributed by atoms with Crippen molar-refractivity contribution in [3.63, 3.8) is 0 Å². The molecule has 1 aliphatic rings. The fourth-order valence-corrected chi connectivity index (χ4v) is 3.90. The van der Waals surface area contributed by atoms with Gasteiger partial charge in [-0.15, -0.1) is 0 Å². The Balaban J connectivity index is 1.32. The Morgan fingerprint density at radius 2 is 1.93 bits per heavy atom. The van der Waals surface area contributed by atoms with E-state index in [9.17, 15) is 4.79 Å². The van der Waals surface area contributed by atoms with Crippen molar-refractivity contribution in [2.75, 3.05) is 19.6 Å². The van der Waals surface area contributed by atoms with Crippen LogP contribution in [0.2, 0.25) is 5.02 Å². The second-order valence-corrected chi connectivity index (χ2v) is 7.91. The number of aromatic amines is 1. The van der Waals surface area contributed by atoms with Gasteiger partial charge < -0.3 is 5.32 Å². The highest BCUT2D eigenvalue weighted by Gasteiger charge is 2.16. The van der Waals surface area contributed by atoms with E-state index >= 15 is 0 Å². The molecule has 0 radical (unpaired) electrons. The number of aromatic nitrogens is 3. The van der Waals surface area contributed by atoms with Gasteiger partial charge in [-0.2, -0.15) is 5.10 Å². The third kappa shape index (κ3) is 4.75. The molecule has 1 aliphatic heterocycles.